The van der Waals surface area contributed by atoms with Gasteiger partial charge in [0.15, 0.2) is 5.78 Å². The Labute approximate surface area is 227 Å². The molecule has 0 amide bonds. The minimum Gasteiger partial charge on any atom is -0.497 e. The molecule has 0 unspecified atom stereocenters. The van der Waals surface area contributed by atoms with Crippen molar-refractivity contribution in [3.05, 3.63) is 118 Å². The number of nitrogens with one attached hydrogen (secondary N) is 1. The lowest BCUT2D eigenvalue weighted by molar-refractivity contribution is -0.140. The van der Waals surface area contributed by atoms with Gasteiger partial charge in [-0.3, -0.25) is 4.79 Å². The van der Waals surface area contributed by atoms with Crippen molar-refractivity contribution in [1.82, 2.24) is 5.32 Å². The third-order valence-corrected chi connectivity index (χ3v) is 7.15. The van der Waals surface area contributed by atoms with E-state index in [0.29, 0.717) is 34.6 Å². The summed E-state index contributed by atoms with van der Waals surface area (Å²) in [6.07, 6.45) is 0.870. The number of carbonyl (C=O) groups is 2. The number of ketones is 1. The van der Waals surface area contributed by atoms with Gasteiger partial charge in [-0.2, -0.15) is 0 Å². The summed E-state index contributed by atoms with van der Waals surface area (Å²) in [5.41, 5.74) is 3.69. The topological polar surface area (TPSA) is 73.9 Å². The molecule has 3 aromatic rings. The fourth-order valence-corrected chi connectivity index (χ4v) is 5.33. The molecule has 0 bridgehead atoms. The monoisotopic (exact) mass is 527 g/mol. The Morgan fingerprint density at radius 3 is 2.41 bits per heavy atom. The molecule has 0 spiro atoms. The average Bonchev–Trinajstić information content (AvgIpc) is 2.95. The Kier molecular flexibility index (Phi) is 7.77. The van der Waals surface area contributed by atoms with Crippen molar-refractivity contribution in [2.75, 3.05) is 20.3 Å². The summed E-state index contributed by atoms with van der Waals surface area (Å²) in [7, 11) is 1.61. The van der Waals surface area contributed by atoms with E-state index in [-0.39, 0.29) is 31.3 Å². The number of ether oxygens (including phenoxy) is 3. The molecule has 1 aliphatic carbocycles. The summed E-state index contributed by atoms with van der Waals surface area (Å²) in [4.78, 5) is 27.1. The molecule has 0 fully saturated rings. The molecule has 5 rings (SSSR count). The van der Waals surface area contributed by atoms with Gasteiger partial charge < -0.3 is 19.5 Å². The third kappa shape index (κ3) is 5.72. The number of carbonyl (C=O) groups excluding carboxylic acids is 2. The smallest absolute Gasteiger partial charge is 0.336 e. The van der Waals surface area contributed by atoms with Crippen LogP contribution in [-0.4, -0.2) is 32.1 Å². The first kappa shape index (κ1) is 26.2. The number of allylic oxidation sites excluding steroid dienone is 3. The quantitative estimate of drug-likeness (QED) is 0.294. The van der Waals surface area contributed by atoms with Crippen LogP contribution in [0.2, 0.25) is 0 Å². The number of para-hydroxylation sites is 1. The van der Waals surface area contributed by atoms with Gasteiger partial charge in [0.1, 0.15) is 30.5 Å². The van der Waals surface area contributed by atoms with Crippen molar-refractivity contribution in [2.24, 2.45) is 0 Å². The van der Waals surface area contributed by atoms with E-state index in [1.807, 2.05) is 54.6 Å². The van der Waals surface area contributed by atoms with Gasteiger partial charge in [-0.1, -0.05) is 42.5 Å². The van der Waals surface area contributed by atoms with Crippen LogP contribution in [0.1, 0.15) is 42.7 Å². The minimum atomic E-state index is -0.733. The first-order chi connectivity index (χ1) is 18.9. The molecule has 7 heteroatoms. The summed E-state index contributed by atoms with van der Waals surface area (Å²) in [6.45, 7) is 1.99. The van der Waals surface area contributed by atoms with Gasteiger partial charge in [-0.15, -0.1) is 0 Å². The molecule has 2 atom stereocenters. The Morgan fingerprint density at radius 2 is 1.69 bits per heavy atom. The standard InChI is InChI=1S/C32H30FNO5/c1-20-29(32(36)39-16-15-38-26-9-4-3-5-10-26)30(22-7-6-8-24(33)17-22)31-27(34-20)18-23(19-28(31)35)21-11-13-25(37-2)14-12-21/h3-14,17,23,30,34H,15-16,18-19H2,1-2H3/t23-,30+/m1/s1. The lowest BCUT2D eigenvalue weighted by Gasteiger charge is -2.36. The normalized spacial score (nSPS) is 18.8. The number of dihydropyridines is 1. The van der Waals surface area contributed by atoms with Crippen molar-refractivity contribution in [2.45, 2.75) is 31.6 Å². The largest absolute Gasteiger partial charge is 0.497 e. The van der Waals surface area contributed by atoms with Crippen molar-refractivity contribution < 1.29 is 28.2 Å². The highest BCUT2D eigenvalue weighted by molar-refractivity contribution is 6.04. The van der Waals surface area contributed by atoms with Gasteiger partial charge >= 0.3 is 5.97 Å². The number of esters is 1. The van der Waals surface area contributed by atoms with Crippen LogP contribution in [0.15, 0.2) is 101 Å². The molecule has 3 aromatic carbocycles. The van der Waals surface area contributed by atoms with Crippen LogP contribution in [0, 0.1) is 5.82 Å². The SMILES string of the molecule is COc1ccc([C@H]2CC(=O)C3=C(C2)NC(C)=C(C(=O)OCCOc2ccccc2)[C@@H]3c2cccc(F)c2)cc1. The van der Waals surface area contributed by atoms with E-state index in [1.54, 1.807) is 26.2 Å². The van der Waals surface area contributed by atoms with E-state index < -0.39 is 17.7 Å². The van der Waals surface area contributed by atoms with E-state index in [4.69, 9.17) is 14.2 Å². The van der Waals surface area contributed by atoms with Gasteiger partial charge in [0.2, 0.25) is 0 Å². The van der Waals surface area contributed by atoms with E-state index in [2.05, 4.69) is 5.32 Å². The zero-order valence-corrected chi connectivity index (χ0v) is 21.9. The molecule has 0 saturated carbocycles. The van der Waals surface area contributed by atoms with Crippen LogP contribution in [0.4, 0.5) is 4.39 Å². The predicted molar refractivity (Wildman–Crippen MR) is 145 cm³/mol. The fraction of sp³-hybridized carbons (Fsp3) is 0.250. The fourth-order valence-electron chi connectivity index (χ4n) is 5.33. The van der Waals surface area contributed by atoms with Crippen molar-refractivity contribution in [3.8, 4) is 11.5 Å². The second-order valence-corrected chi connectivity index (χ2v) is 9.64. The first-order valence-corrected chi connectivity index (χ1v) is 12.9. The van der Waals surface area contributed by atoms with E-state index in [9.17, 15) is 14.0 Å². The van der Waals surface area contributed by atoms with Gasteiger partial charge in [0.05, 0.1) is 12.7 Å². The Balaban J connectivity index is 1.41. The number of rotatable bonds is 8. The number of halogens is 1. The number of hydrogen-bond donors (Lipinski definition) is 1. The first-order valence-electron chi connectivity index (χ1n) is 12.9. The van der Waals surface area contributed by atoms with Gasteiger partial charge in [-0.25, -0.2) is 9.18 Å². The number of hydrogen-bond acceptors (Lipinski definition) is 6. The Morgan fingerprint density at radius 1 is 0.923 bits per heavy atom. The molecular formula is C32H30FNO5. The van der Waals surface area contributed by atoms with Crippen LogP contribution in [0.25, 0.3) is 0 Å². The number of methoxy groups -OCH3 is 1. The molecule has 1 N–H and O–H groups in total. The maximum Gasteiger partial charge on any atom is 0.336 e. The lowest BCUT2D eigenvalue weighted by atomic mass is 9.71. The van der Waals surface area contributed by atoms with Crippen molar-refractivity contribution in [1.29, 1.82) is 0 Å². The molecule has 1 aliphatic heterocycles. The summed E-state index contributed by atoms with van der Waals surface area (Å²) in [5, 5.41) is 3.32. The maximum absolute atomic E-state index is 14.3. The molecule has 2 aliphatic rings. The van der Waals surface area contributed by atoms with E-state index in [0.717, 1.165) is 17.0 Å². The molecule has 6 nitrogen and oxygen atoms in total. The summed E-state index contributed by atoms with van der Waals surface area (Å²) >= 11 is 0. The highest BCUT2D eigenvalue weighted by Gasteiger charge is 2.41. The highest BCUT2D eigenvalue weighted by Crippen LogP contribution is 2.45. The average molecular weight is 528 g/mol. The van der Waals surface area contributed by atoms with Crippen LogP contribution in [0.5, 0.6) is 11.5 Å². The predicted octanol–water partition coefficient (Wildman–Crippen LogP) is 5.82. The number of benzene rings is 3. The second-order valence-electron chi connectivity index (χ2n) is 9.64. The van der Waals surface area contributed by atoms with Gasteiger partial charge in [0.25, 0.3) is 0 Å². The van der Waals surface area contributed by atoms with Crippen molar-refractivity contribution >= 4 is 11.8 Å². The molecule has 39 heavy (non-hydrogen) atoms. The molecule has 0 radical (unpaired) electrons. The Bertz CT molecular complexity index is 1430. The molecule has 1 heterocycles. The number of Topliss-reactive ketones (excluding diaryl/α,β-unsaturated/α-hetero) is 1. The zero-order chi connectivity index (χ0) is 27.4. The molecule has 200 valence electrons. The van der Waals surface area contributed by atoms with Crippen LogP contribution in [0.3, 0.4) is 0 Å². The highest BCUT2D eigenvalue weighted by atomic mass is 19.1. The van der Waals surface area contributed by atoms with Gasteiger partial charge in [-0.05, 0) is 66.8 Å². The van der Waals surface area contributed by atoms with E-state index in [1.165, 1.54) is 12.1 Å². The molecule has 0 saturated heterocycles. The summed E-state index contributed by atoms with van der Waals surface area (Å²) in [5.74, 6) is -0.419. The van der Waals surface area contributed by atoms with Crippen LogP contribution in [-0.2, 0) is 14.3 Å². The lowest BCUT2D eigenvalue weighted by Crippen LogP contribution is -2.36. The van der Waals surface area contributed by atoms with Gasteiger partial charge in [0, 0.05) is 29.3 Å². The summed E-state index contributed by atoms with van der Waals surface area (Å²) < 4.78 is 30.8. The minimum absolute atomic E-state index is 0.0276. The third-order valence-electron chi connectivity index (χ3n) is 7.15. The second kappa shape index (κ2) is 11.6. The Hall–Kier alpha value is -4.39. The van der Waals surface area contributed by atoms with Crippen molar-refractivity contribution in [3.63, 3.8) is 0 Å². The summed E-state index contributed by atoms with van der Waals surface area (Å²) in [6, 6.07) is 23.0. The zero-order valence-electron chi connectivity index (χ0n) is 21.9. The maximum atomic E-state index is 14.3. The molecule has 0 aromatic heterocycles. The molecular weight excluding hydrogens is 497 g/mol. The van der Waals surface area contributed by atoms with Crippen LogP contribution < -0.4 is 14.8 Å². The van der Waals surface area contributed by atoms with Crippen LogP contribution >= 0.6 is 0 Å². The van der Waals surface area contributed by atoms with E-state index >= 15 is 0 Å².